The fraction of sp³-hybridized carbons (Fsp3) is 1.00. The maximum Gasteiger partial charge on any atom is 0.0655 e. The average Bonchev–Trinajstić information content (AvgIpc) is 2.60. The first kappa shape index (κ1) is 9.27. The number of hydrogen-bond acceptors (Lipinski definition) is 1. The van der Waals surface area contributed by atoms with Crippen molar-refractivity contribution in [1.82, 2.24) is 5.32 Å². The van der Waals surface area contributed by atoms with Crippen LogP contribution in [0, 0.1) is 0 Å². The van der Waals surface area contributed by atoms with Crippen LogP contribution < -0.4 is 5.32 Å². The summed E-state index contributed by atoms with van der Waals surface area (Å²) >= 11 is 0. The molecule has 0 radical (unpaired) electrons. The van der Waals surface area contributed by atoms with E-state index in [0.29, 0.717) is 0 Å². The molecule has 1 heterocycles. The summed E-state index contributed by atoms with van der Waals surface area (Å²) in [6, 6.07) is 0.890. The first-order chi connectivity index (χ1) is 5.05. The highest BCUT2D eigenvalue weighted by Gasteiger charge is 2.44. The minimum Gasteiger partial charge on any atom is -0.311 e. The summed E-state index contributed by atoms with van der Waals surface area (Å²) in [6.45, 7) is 9.63. The molecule has 0 aromatic carbocycles. The minimum absolute atomic E-state index is 0.848. The van der Waals surface area contributed by atoms with E-state index in [9.17, 15) is 0 Å². The monoisotopic (exact) mass is 171 g/mol. The van der Waals surface area contributed by atoms with Crippen molar-refractivity contribution in [2.24, 2.45) is 0 Å². The van der Waals surface area contributed by atoms with Gasteiger partial charge in [-0.15, -0.1) is 0 Å². The molecule has 11 heavy (non-hydrogen) atoms. The Labute approximate surface area is 71.6 Å². The van der Waals surface area contributed by atoms with Gasteiger partial charge in [-0.1, -0.05) is 39.4 Å². The minimum atomic E-state index is -0.848. The quantitative estimate of drug-likeness (QED) is 0.509. The Hall–Kier alpha value is 0.177. The zero-order valence-corrected chi connectivity index (χ0v) is 9.28. The van der Waals surface area contributed by atoms with Crippen molar-refractivity contribution in [2.45, 2.75) is 57.5 Å². The third-order valence-corrected chi connectivity index (χ3v) is 4.92. The molecule has 0 aromatic heterocycles. The molecule has 1 saturated heterocycles. The SMILES string of the molecule is CCCC[C@H]1N[C@H]1[Si](C)(C)C. The molecular weight excluding hydrogens is 150 g/mol. The van der Waals surface area contributed by atoms with E-state index < -0.39 is 8.07 Å². The van der Waals surface area contributed by atoms with Crippen molar-refractivity contribution >= 4 is 8.07 Å². The Morgan fingerprint density at radius 3 is 2.27 bits per heavy atom. The van der Waals surface area contributed by atoms with E-state index in [0.717, 1.165) is 11.7 Å². The Morgan fingerprint density at radius 1 is 1.27 bits per heavy atom. The second kappa shape index (κ2) is 3.28. The van der Waals surface area contributed by atoms with Gasteiger partial charge in [0.05, 0.1) is 8.07 Å². The van der Waals surface area contributed by atoms with Gasteiger partial charge in [0.2, 0.25) is 0 Å². The third kappa shape index (κ3) is 2.60. The molecule has 1 aliphatic heterocycles. The van der Waals surface area contributed by atoms with Crippen LogP contribution in [0.2, 0.25) is 19.6 Å². The smallest absolute Gasteiger partial charge is 0.0655 e. The lowest BCUT2D eigenvalue weighted by molar-refractivity contribution is 0.703. The second-order valence-electron chi connectivity index (χ2n) is 4.76. The lowest BCUT2D eigenvalue weighted by atomic mass is 10.2. The van der Waals surface area contributed by atoms with E-state index in [-0.39, 0.29) is 0 Å². The summed E-state index contributed by atoms with van der Waals surface area (Å²) in [5.41, 5.74) is 0.925. The standard InChI is InChI=1S/C9H21NSi/c1-5-6-7-8-9(10-8)11(2,3)4/h8-10H,5-7H2,1-4H3/t8-,9+/m1/s1. The molecule has 1 aliphatic rings. The van der Waals surface area contributed by atoms with Crippen molar-refractivity contribution in [2.75, 3.05) is 0 Å². The maximum absolute atomic E-state index is 3.61. The predicted octanol–water partition coefficient (Wildman–Crippen LogP) is 2.39. The Morgan fingerprint density at radius 2 is 1.91 bits per heavy atom. The molecule has 0 aromatic rings. The molecule has 0 aliphatic carbocycles. The van der Waals surface area contributed by atoms with Gasteiger partial charge in [0.1, 0.15) is 0 Å². The van der Waals surface area contributed by atoms with Gasteiger partial charge < -0.3 is 5.32 Å². The zero-order chi connectivity index (χ0) is 8.48. The molecular formula is C9H21NSi. The molecule has 0 saturated carbocycles. The zero-order valence-electron chi connectivity index (χ0n) is 8.28. The fourth-order valence-corrected chi connectivity index (χ4v) is 3.79. The highest BCUT2D eigenvalue weighted by Crippen LogP contribution is 2.26. The van der Waals surface area contributed by atoms with Crippen molar-refractivity contribution in [3.05, 3.63) is 0 Å². The van der Waals surface area contributed by atoms with Crippen LogP contribution in [0.1, 0.15) is 26.2 Å². The van der Waals surface area contributed by atoms with Gasteiger partial charge in [-0.2, -0.15) is 0 Å². The van der Waals surface area contributed by atoms with Crippen molar-refractivity contribution in [1.29, 1.82) is 0 Å². The molecule has 2 heteroatoms. The summed E-state index contributed by atoms with van der Waals surface area (Å²) in [7, 11) is -0.848. The van der Waals surface area contributed by atoms with Gasteiger partial charge in [-0.05, 0) is 6.42 Å². The fourth-order valence-electron chi connectivity index (χ4n) is 1.70. The molecule has 1 fully saturated rings. The van der Waals surface area contributed by atoms with Crippen LogP contribution in [0.25, 0.3) is 0 Å². The molecule has 1 N–H and O–H groups in total. The van der Waals surface area contributed by atoms with E-state index in [2.05, 4.69) is 31.9 Å². The number of rotatable bonds is 4. The van der Waals surface area contributed by atoms with E-state index >= 15 is 0 Å². The number of nitrogens with one attached hydrogen (secondary N) is 1. The topological polar surface area (TPSA) is 21.9 Å². The van der Waals surface area contributed by atoms with Gasteiger partial charge in [0.15, 0.2) is 0 Å². The molecule has 0 unspecified atom stereocenters. The summed E-state index contributed by atoms with van der Waals surface area (Å²) < 4.78 is 0. The van der Waals surface area contributed by atoms with Crippen LogP contribution in [0.4, 0.5) is 0 Å². The Bertz CT molecular complexity index is 128. The summed E-state index contributed by atoms with van der Waals surface area (Å²) in [6.07, 6.45) is 4.15. The van der Waals surface area contributed by atoms with Gasteiger partial charge in [-0.25, -0.2) is 0 Å². The summed E-state index contributed by atoms with van der Waals surface area (Å²) in [4.78, 5) is 0. The lowest BCUT2D eigenvalue weighted by Gasteiger charge is -2.13. The largest absolute Gasteiger partial charge is 0.311 e. The summed E-state index contributed by atoms with van der Waals surface area (Å²) in [5, 5.41) is 3.61. The Balaban J connectivity index is 2.16. The van der Waals surface area contributed by atoms with E-state index in [4.69, 9.17) is 0 Å². The van der Waals surface area contributed by atoms with Gasteiger partial charge in [0, 0.05) is 11.7 Å². The number of unbranched alkanes of at least 4 members (excludes halogenated alkanes) is 1. The van der Waals surface area contributed by atoms with Crippen molar-refractivity contribution in [3.8, 4) is 0 Å². The molecule has 0 bridgehead atoms. The van der Waals surface area contributed by atoms with Crippen LogP contribution in [0.3, 0.4) is 0 Å². The Kier molecular flexibility index (Phi) is 2.76. The van der Waals surface area contributed by atoms with Crippen molar-refractivity contribution < 1.29 is 0 Å². The maximum atomic E-state index is 3.61. The molecule has 66 valence electrons. The van der Waals surface area contributed by atoms with Crippen LogP contribution >= 0.6 is 0 Å². The third-order valence-electron chi connectivity index (χ3n) is 2.49. The highest BCUT2D eigenvalue weighted by atomic mass is 28.3. The molecule has 0 spiro atoms. The molecule has 0 amide bonds. The van der Waals surface area contributed by atoms with Gasteiger partial charge in [0.25, 0.3) is 0 Å². The van der Waals surface area contributed by atoms with Crippen molar-refractivity contribution in [3.63, 3.8) is 0 Å². The van der Waals surface area contributed by atoms with E-state index in [1.54, 1.807) is 0 Å². The average molecular weight is 171 g/mol. The first-order valence-corrected chi connectivity index (χ1v) is 8.39. The highest BCUT2D eigenvalue weighted by molar-refractivity contribution is 6.78. The lowest BCUT2D eigenvalue weighted by Crippen LogP contribution is -2.31. The number of hydrogen-bond donors (Lipinski definition) is 1. The van der Waals surface area contributed by atoms with E-state index in [1.165, 1.54) is 19.3 Å². The first-order valence-electron chi connectivity index (χ1n) is 4.81. The second-order valence-corrected chi connectivity index (χ2v) is 10.1. The summed E-state index contributed by atoms with van der Waals surface area (Å²) in [5.74, 6) is 0. The van der Waals surface area contributed by atoms with Gasteiger partial charge in [-0.3, -0.25) is 0 Å². The molecule has 1 nitrogen and oxygen atoms in total. The molecule has 1 rings (SSSR count). The van der Waals surface area contributed by atoms with Gasteiger partial charge >= 0.3 is 0 Å². The van der Waals surface area contributed by atoms with E-state index in [1.807, 2.05) is 0 Å². The normalized spacial score (nSPS) is 30.5. The van der Waals surface area contributed by atoms with Crippen LogP contribution in [-0.2, 0) is 0 Å². The molecule has 2 atom stereocenters. The van der Waals surface area contributed by atoms with Crippen LogP contribution in [0.15, 0.2) is 0 Å². The van der Waals surface area contributed by atoms with Crippen LogP contribution in [0.5, 0.6) is 0 Å². The predicted molar refractivity (Wildman–Crippen MR) is 53.6 cm³/mol. The van der Waals surface area contributed by atoms with Crippen LogP contribution in [-0.4, -0.2) is 19.8 Å².